The fourth-order valence-electron chi connectivity index (χ4n) is 2.10. The summed E-state index contributed by atoms with van der Waals surface area (Å²) in [5, 5.41) is 22.2. The minimum atomic E-state index is -0.472. The molecule has 1 aromatic carbocycles. The molecule has 0 fully saturated rings. The third-order valence-electron chi connectivity index (χ3n) is 3.12. The first-order valence-electron chi connectivity index (χ1n) is 6.47. The van der Waals surface area contributed by atoms with Gasteiger partial charge in [0.2, 0.25) is 0 Å². The van der Waals surface area contributed by atoms with Gasteiger partial charge in [0.1, 0.15) is 11.6 Å². The van der Waals surface area contributed by atoms with Crippen molar-refractivity contribution in [2.24, 2.45) is 0 Å². The summed E-state index contributed by atoms with van der Waals surface area (Å²) < 4.78 is 1.60. The van der Waals surface area contributed by atoms with Crippen LogP contribution in [0, 0.1) is 0 Å². The van der Waals surface area contributed by atoms with E-state index in [-0.39, 0.29) is 17.2 Å². The fourth-order valence-corrected chi connectivity index (χ4v) is 3.06. The molecule has 7 heteroatoms. The number of amides is 1. The number of likely N-dealkylation sites (N-methyl/N-ethyl adjacent to an activating group) is 1. The zero-order valence-electron chi connectivity index (χ0n) is 11.6. The lowest BCUT2D eigenvalue weighted by Gasteiger charge is -2.27. The Balaban J connectivity index is 1.92. The van der Waals surface area contributed by atoms with Crippen molar-refractivity contribution < 1.29 is 15.0 Å². The van der Waals surface area contributed by atoms with Crippen LogP contribution in [0.25, 0.3) is 5.76 Å². The van der Waals surface area contributed by atoms with Crippen LogP contribution >= 0.6 is 11.9 Å². The van der Waals surface area contributed by atoms with E-state index in [0.29, 0.717) is 11.4 Å². The van der Waals surface area contributed by atoms with Crippen molar-refractivity contribution in [2.45, 2.75) is 4.90 Å². The molecule has 0 saturated carbocycles. The number of aromatic nitrogens is 1. The summed E-state index contributed by atoms with van der Waals surface area (Å²) in [6.07, 6.45) is 1.23. The van der Waals surface area contributed by atoms with E-state index < -0.39 is 5.91 Å². The first-order chi connectivity index (χ1) is 10.6. The van der Waals surface area contributed by atoms with Gasteiger partial charge in [0.15, 0.2) is 11.5 Å². The van der Waals surface area contributed by atoms with Gasteiger partial charge in [-0.2, -0.15) is 0 Å². The second-order valence-corrected chi connectivity index (χ2v) is 5.81. The van der Waals surface area contributed by atoms with Gasteiger partial charge < -0.3 is 19.8 Å². The maximum atomic E-state index is 12.4. The minimum Gasteiger partial charge on any atom is -0.506 e. The topological polar surface area (TPSA) is 85.7 Å². The normalized spacial score (nSPS) is 13.8. The maximum Gasteiger partial charge on any atom is 0.277 e. The van der Waals surface area contributed by atoms with E-state index in [0.717, 1.165) is 4.90 Å². The van der Waals surface area contributed by atoms with Gasteiger partial charge in [0.05, 0.1) is 6.20 Å². The lowest BCUT2D eigenvalue weighted by molar-refractivity contribution is -0.113. The van der Waals surface area contributed by atoms with Crippen LogP contribution in [0.3, 0.4) is 0 Å². The molecule has 0 bridgehead atoms. The number of carbonyl (C=O) groups is 1. The first-order valence-corrected chi connectivity index (χ1v) is 7.24. The predicted molar refractivity (Wildman–Crippen MR) is 84.1 cm³/mol. The fraction of sp³-hybridized carbons (Fsp3) is 0.0667. The third-order valence-corrected chi connectivity index (χ3v) is 4.13. The molecule has 0 radical (unpaired) electrons. The van der Waals surface area contributed by atoms with Crippen molar-refractivity contribution in [3.05, 3.63) is 53.9 Å². The van der Waals surface area contributed by atoms with Crippen LogP contribution < -0.4 is 5.32 Å². The van der Waals surface area contributed by atoms with Crippen LogP contribution in [0.5, 0.6) is 5.75 Å². The molecular formula is C15H13N3O3S. The molecule has 1 aliphatic heterocycles. The highest BCUT2D eigenvalue weighted by Crippen LogP contribution is 2.38. The van der Waals surface area contributed by atoms with E-state index in [1.54, 1.807) is 23.5 Å². The largest absolute Gasteiger partial charge is 0.506 e. The maximum absolute atomic E-state index is 12.4. The number of nitrogens with one attached hydrogen (secondary N) is 1. The average Bonchev–Trinajstić information content (AvgIpc) is 2.49. The summed E-state index contributed by atoms with van der Waals surface area (Å²) in [6.45, 7) is 0. The number of aliphatic hydroxyl groups excluding tert-OH is 1. The molecule has 3 N–H and O–H groups in total. The van der Waals surface area contributed by atoms with Crippen LogP contribution in [-0.2, 0) is 4.79 Å². The highest BCUT2D eigenvalue weighted by molar-refractivity contribution is 7.97. The molecule has 22 heavy (non-hydrogen) atoms. The van der Waals surface area contributed by atoms with Crippen LogP contribution in [0.4, 0.5) is 5.82 Å². The summed E-state index contributed by atoms with van der Waals surface area (Å²) >= 11 is 1.36. The number of aromatic hydroxyl groups is 1. The van der Waals surface area contributed by atoms with Gasteiger partial charge in [-0.05, 0) is 36.2 Å². The monoisotopic (exact) mass is 315 g/mol. The molecule has 0 atom stereocenters. The van der Waals surface area contributed by atoms with Crippen molar-refractivity contribution in [1.82, 2.24) is 9.29 Å². The Hall–Kier alpha value is -2.67. The second-order valence-electron chi connectivity index (χ2n) is 4.64. The molecule has 0 unspecified atom stereocenters. The number of hydrogen-bond donors (Lipinski definition) is 3. The zero-order chi connectivity index (χ0) is 15.7. The van der Waals surface area contributed by atoms with Gasteiger partial charge in [-0.3, -0.25) is 4.79 Å². The molecule has 1 aliphatic rings. The van der Waals surface area contributed by atoms with Crippen molar-refractivity contribution in [3.8, 4) is 5.75 Å². The van der Waals surface area contributed by atoms with Crippen molar-refractivity contribution >= 4 is 29.4 Å². The van der Waals surface area contributed by atoms with Crippen molar-refractivity contribution in [3.63, 3.8) is 0 Å². The van der Waals surface area contributed by atoms with Gasteiger partial charge in [0.25, 0.3) is 5.91 Å². The van der Waals surface area contributed by atoms with E-state index in [9.17, 15) is 15.0 Å². The van der Waals surface area contributed by atoms with Crippen LogP contribution in [0.15, 0.2) is 53.2 Å². The van der Waals surface area contributed by atoms with Gasteiger partial charge in [0, 0.05) is 17.5 Å². The highest BCUT2D eigenvalue weighted by atomic mass is 32.2. The van der Waals surface area contributed by atoms with Gasteiger partial charge in [-0.1, -0.05) is 12.1 Å². The number of carbonyl (C=O) groups excluding carboxylic acids is 1. The number of nitrogens with zero attached hydrogens (tertiary/aromatic N) is 2. The van der Waals surface area contributed by atoms with Crippen LogP contribution in [0.2, 0.25) is 0 Å². The standard InChI is InChI=1S/C15H13N3O3S/c1-18-13(14(20)10-4-2-3-5-11(10)22-18)15(21)17-12-7-6-9(19)8-16-12/h2-8,19-20H,1H3,(H,16,17,21). The quantitative estimate of drug-likeness (QED) is 0.739. The van der Waals surface area contributed by atoms with Crippen molar-refractivity contribution in [2.75, 3.05) is 12.4 Å². The molecule has 2 aromatic rings. The Kier molecular flexibility index (Phi) is 3.64. The number of benzene rings is 1. The van der Waals surface area contributed by atoms with E-state index in [1.165, 1.54) is 30.3 Å². The summed E-state index contributed by atoms with van der Waals surface area (Å²) in [6, 6.07) is 10.2. The molecule has 0 spiro atoms. The Bertz CT molecular complexity index is 759. The van der Waals surface area contributed by atoms with Crippen LogP contribution in [0.1, 0.15) is 5.56 Å². The number of aliphatic hydroxyl groups is 1. The molecule has 6 nitrogen and oxygen atoms in total. The summed E-state index contributed by atoms with van der Waals surface area (Å²) in [7, 11) is 1.70. The lowest BCUT2D eigenvalue weighted by atomic mass is 10.1. The Morgan fingerprint density at radius 2 is 2.00 bits per heavy atom. The van der Waals surface area contributed by atoms with E-state index in [1.807, 2.05) is 12.1 Å². The molecule has 1 amide bonds. The summed E-state index contributed by atoms with van der Waals surface area (Å²) in [5.74, 6) is -0.243. The number of pyridine rings is 1. The molecule has 2 heterocycles. The number of hydrogen-bond acceptors (Lipinski definition) is 6. The number of rotatable bonds is 2. The average molecular weight is 315 g/mol. The van der Waals surface area contributed by atoms with E-state index in [2.05, 4.69) is 10.3 Å². The molecule has 112 valence electrons. The first kappa shape index (κ1) is 14.3. The molecule has 1 aromatic heterocycles. The van der Waals surface area contributed by atoms with E-state index >= 15 is 0 Å². The van der Waals surface area contributed by atoms with Crippen molar-refractivity contribution in [1.29, 1.82) is 0 Å². The van der Waals surface area contributed by atoms with Gasteiger partial charge >= 0.3 is 0 Å². The minimum absolute atomic E-state index is 0.0133. The SMILES string of the molecule is CN1Sc2ccccc2C(O)=C1C(=O)Nc1ccc(O)cn1. The van der Waals surface area contributed by atoms with Gasteiger partial charge in [-0.15, -0.1) is 0 Å². The third kappa shape index (κ3) is 2.58. The second kappa shape index (κ2) is 5.61. The Morgan fingerprint density at radius 1 is 1.23 bits per heavy atom. The molecule has 0 aliphatic carbocycles. The number of fused-ring (bicyclic) bond motifs is 1. The smallest absolute Gasteiger partial charge is 0.277 e. The summed E-state index contributed by atoms with van der Waals surface area (Å²) in [5.41, 5.74) is 0.771. The molecule has 3 rings (SSSR count). The summed E-state index contributed by atoms with van der Waals surface area (Å²) in [4.78, 5) is 17.2. The number of anilines is 1. The Morgan fingerprint density at radius 3 is 2.73 bits per heavy atom. The van der Waals surface area contributed by atoms with E-state index in [4.69, 9.17) is 0 Å². The highest BCUT2D eigenvalue weighted by Gasteiger charge is 2.28. The zero-order valence-corrected chi connectivity index (χ0v) is 12.5. The van der Waals surface area contributed by atoms with Gasteiger partial charge in [-0.25, -0.2) is 4.98 Å². The van der Waals surface area contributed by atoms with Crippen LogP contribution in [-0.4, -0.2) is 32.5 Å². The molecular weight excluding hydrogens is 302 g/mol. The predicted octanol–water partition coefficient (Wildman–Crippen LogP) is 2.60. The lowest BCUT2D eigenvalue weighted by Crippen LogP contribution is -2.27. The molecule has 0 saturated heterocycles. The Labute approximate surface area is 131 Å².